The van der Waals surface area contributed by atoms with E-state index in [-0.39, 0.29) is 12.6 Å². The van der Waals surface area contributed by atoms with Gasteiger partial charge in [0.2, 0.25) is 0 Å². The molecule has 0 fully saturated rings. The number of aliphatic hydroxyl groups excluding tert-OH is 1. The van der Waals surface area contributed by atoms with Crippen molar-refractivity contribution in [2.75, 3.05) is 0 Å². The highest BCUT2D eigenvalue weighted by molar-refractivity contribution is 5.74. The molecule has 1 N–H and O–H groups in total. The van der Waals surface area contributed by atoms with E-state index >= 15 is 0 Å². The Labute approximate surface area is 93.1 Å². The summed E-state index contributed by atoms with van der Waals surface area (Å²) >= 11 is 0. The van der Waals surface area contributed by atoms with E-state index in [2.05, 4.69) is 5.10 Å². The normalized spacial score (nSPS) is 12.2. The molecular formula is C10H13N3O3. The third kappa shape index (κ3) is 3.37. The average molecular weight is 223 g/mol. The van der Waals surface area contributed by atoms with Gasteiger partial charge in [0.05, 0.1) is 24.4 Å². The summed E-state index contributed by atoms with van der Waals surface area (Å²) in [4.78, 5) is 11.3. The lowest BCUT2D eigenvalue weighted by Crippen LogP contribution is -2.30. The summed E-state index contributed by atoms with van der Waals surface area (Å²) in [5.41, 5.74) is 0.379. The maximum Gasteiger partial charge on any atom is 0.337 e. The van der Waals surface area contributed by atoms with Crippen molar-refractivity contribution in [1.29, 1.82) is 5.26 Å². The van der Waals surface area contributed by atoms with Crippen molar-refractivity contribution in [2.45, 2.75) is 32.6 Å². The molecule has 1 rings (SSSR count). The molecule has 0 aliphatic heterocycles. The Morgan fingerprint density at radius 3 is 2.94 bits per heavy atom. The number of nitrogens with zero attached hydrogens (tertiary/aromatic N) is 3. The third-order valence-electron chi connectivity index (χ3n) is 1.75. The smallest absolute Gasteiger partial charge is 0.337 e. The molecule has 0 aliphatic rings. The second-order valence-electron chi connectivity index (χ2n) is 3.56. The lowest BCUT2D eigenvalue weighted by molar-refractivity contribution is -0.158. The molecule has 6 nitrogen and oxygen atoms in total. The van der Waals surface area contributed by atoms with Crippen LogP contribution >= 0.6 is 0 Å². The number of carbonyl (C=O) groups excluding carboxylic acids is 1. The van der Waals surface area contributed by atoms with Gasteiger partial charge in [0.15, 0.2) is 6.10 Å². The van der Waals surface area contributed by atoms with Crippen molar-refractivity contribution in [3.63, 3.8) is 0 Å². The van der Waals surface area contributed by atoms with E-state index in [9.17, 15) is 9.90 Å². The first-order chi connectivity index (χ1) is 7.52. The Morgan fingerprint density at radius 2 is 2.44 bits per heavy atom. The van der Waals surface area contributed by atoms with E-state index in [1.165, 1.54) is 17.1 Å². The second kappa shape index (κ2) is 5.28. The molecule has 86 valence electrons. The maximum absolute atomic E-state index is 11.3. The molecule has 0 bridgehead atoms. The summed E-state index contributed by atoms with van der Waals surface area (Å²) in [5, 5.41) is 21.9. The van der Waals surface area contributed by atoms with Gasteiger partial charge in [-0.25, -0.2) is 4.79 Å². The predicted octanol–water partition coefficient (Wildman–Crippen LogP) is 0.0673. The van der Waals surface area contributed by atoms with Crippen LogP contribution < -0.4 is 0 Å². The van der Waals surface area contributed by atoms with Gasteiger partial charge in [-0.2, -0.15) is 10.4 Å². The minimum absolute atomic E-state index is 0.0206. The first-order valence-electron chi connectivity index (χ1n) is 4.84. The van der Waals surface area contributed by atoms with Gasteiger partial charge >= 0.3 is 5.97 Å². The summed E-state index contributed by atoms with van der Waals surface area (Å²) in [5.74, 6) is -0.691. The molecule has 16 heavy (non-hydrogen) atoms. The molecular weight excluding hydrogens is 210 g/mol. The Bertz CT molecular complexity index is 406. The van der Waals surface area contributed by atoms with E-state index in [0.29, 0.717) is 5.56 Å². The van der Waals surface area contributed by atoms with Gasteiger partial charge in [-0.15, -0.1) is 0 Å². The zero-order valence-corrected chi connectivity index (χ0v) is 9.12. The van der Waals surface area contributed by atoms with Gasteiger partial charge in [-0.3, -0.25) is 4.68 Å². The first kappa shape index (κ1) is 12.2. The zero-order valence-electron chi connectivity index (χ0n) is 9.12. The van der Waals surface area contributed by atoms with Crippen LogP contribution in [0.25, 0.3) is 0 Å². The molecule has 0 spiro atoms. The number of nitriles is 1. The number of carbonyl (C=O) groups is 1. The average Bonchev–Trinajstić information content (AvgIpc) is 2.64. The highest BCUT2D eigenvalue weighted by Crippen LogP contribution is 2.00. The molecule has 1 unspecified atom stereocenters. The van der Waals surface area contributed by atoms with Crippen LogP contribution in [0.15, 0.2) is 12.4 Å². The predicted molar refractivity (Wildman–Crippen MR) is 54.2 cm³/mol. The van der Waals surface area contributed by atoms with Crippen molar-refractivity contribution >= 4 is 5.97 Å². The highest BCUT2D eigenvalue weighted by Gasteiger charge is 2.18. The topological polar surface area (TPSA) is 88.1 Å². The number of esters is 1. The molecule has 0 saturated heterocycles. The zero-order chi connectivity index (χ0) is 12.1. The van der Waals surface area contributed by atoms with Crippen molar-refractivity contribution in [3.05, 3.63) is 18.0 Å². The van der Waals surface area contributed by atoms with Crippen LogP contribution in [0.5, 0.6) is 0 Å². The van der Waals surface area contributed by atoms with Crippen LogP contribution in [-0.4, -0.2) is 33.1 Å². The van der Waals surface area contributed by atoms with Crippen LogP contribution in [-0.2, 0) is 16.1 Å². The molecule has 6 heteroatoms. The largest absolute Gasteiger partial charge is 0.461 e. The number of hydrogen-bond donors (Lipinski definition) is 1. The SMILES string of the molecule is CC(C)OC(=O)C(O)Cn1cc(C#N)cn1. The minimum atomic E-state index is -1.27. The van der Waals surface area contributed by atoms with Crippen LogP contribution in [0.2, 0.25) is 0 Å². The summed E-state index contributed by atoms with van der Waals surface area (Å²) in [6, 6.07) is 1.90. The van der Waals surface area contributed by atoms with E-state index in [1.54, 1.807) is 13.8 Å². The number of hydrogen-bond acceptors (Lipinski definition) is 5. The van der Waals surface area contributed by atoms with Gasteiger partial charge in [-0.05, 0) is 13.8 Å². The van der Waals surface area contributed by atoms with Gasteiger partial charge in [0.1, 0.15) is 6.07 Å². The number of rotatable bonds is 4. The molecule has 1 atom stereocenters. The van der Waals surface area contributed by atoms with E-state index in [4.69, 9.17) is 10.00 Å². The van der Waals surface area contributed by atoms with Crippen LogP contribution in [0.3, 0.4) is 0 Å². The molecule has 1 aromatic heterocycles. The number of aromatic nitrogens is 2. The van der Waals surface area contributed by atoms with E-state index in [1.807, 2.05) is 6.07 Å². The Hall–Kier alpha value is -1.87. The summed E-state index contributed by atoms with van der Waals surface area (Å²) < 4.78 is 6.15. The quantitative estimate of drug-likeness (QED) is 0.729. The molecule has 0 aliphatic carbocycles. The van der Waals surface area contributed by atoms with Crippen molar-refractivity contribution in [3.8, 4) is 6.07 Å². The number of ether oxygens (including phenoxy) is 1. The van der Waals surface area contributed by atoms with Crippen LogP contribution in [0.4, 0.5) is 0 Å². The van der Waals surface area contributed by atoms with Crippen LogP contribution in [0, 0.1) is 11.3 Å². The van der Waals surface area contributed by atoms with Gasteiger partial charge in [0, 0.05) is 6.20 Å². The maximum atomic E-state index is 11.3. The fourth-order valence-electron chi connectivity index (χ4n) is 1.08. The van der Waals surface area contributed by atoms with Gasteiger partial charge < -0.3 is 9.84 Å². The van der Waals surface area contributed by atoms with Gasteiger partial charge in [-0.1, -0.05) is 0 Å². The van der Waals surface area contributed by atoms with Crippen LogP contribution in [0.1, 0.15) is 19.4 Å². The molecule has 1 aromatic rings. The molecule has 0 amide bonds. The second-order valence-corrected chi connectivity index (χ2v) is 3.56. The van der Waals surface area contributed by atoms with Crippen molar-refractivity contribution in [2.24, 2.45) is 0 Å². The first-order valence-corrected chi connectivity index (χ1v) is 4.84. The van der Waals surface area contributed by atoms with Crippen molar-refractivity contribution in [1.82, 2.24) is 9.78 Å². The summed E-state index contributed by atoms with van der Waals surface area (Å²) in [6.45, 7) is 3.38. The van der Waals surface area contributed by atoms with E-state index in [0.717, 1.165) is 0 Å². The minimum Gasteiger partial charge on any atom is -0.461 e. The summed E-state index contributed by atoms with van der Waals surface area (Å²) in [6.07, 6.45) is 1.27. The Morgan fingerprint density at radius 1 is 1.75 bits per heavy atom. The summed E-state index contributed by atoms with van der Waals surface area (Å²) in [7, 11) is 0. The highest BCUT2D eigenvalue weighted by atomic mass is 16.6. The Balaban J connectivity index is 2.54. The van der Waals surface area contributed by atoms with Crippen molar-refractivity contribution < 1.29 is 14.6 Å². The fraction of sp³-hybridized carbons (Fsp3) is 0.500. The monoisotopic (exact) mass is 223 g/mol. The third-order valence-corrected chi connectivity index (χ3v) is 1.75. The Kier molecular flexibility index (Phi) is 4.03. The van der Waals surface area contributed by atoms with E-state index < -0.39 is 12.1 Å². The van der Waals surface area contributed by atoms with Gasteiger partial charge in [0.25, 0.3) is 0 Å². The standard InChI is InChI=1S/C10H13N3O3/c1-7(2)16-10(15)9(14)6-13-5-8(3-11)4-12-13/h4-5,7,9,14H,6H2,1-2H3. The molecule has 1 heterocycles. The molecule has 0 saturated carbocycles. The fourth-order valence-corrected chi connectivity index (χ4v) is 1.08. The molecule has 0 aromatic carbocycles. The lowest BCUT2D eigenvalue weighted by Gasteiger charge is -2.12. The number of aliphatic hydroxyl groups is 1. The lowest BCUT2D eigenvalue weighted by atomic mass is 10.3. The molecule has 0 radical (unpaired) electrons.